The van der Waals surface area contributed by atoms with Gasteiger partial charge in [-0.1, -0.05) is 24.3 Å². The van der Waals surface area contributed by atoms with Crippen molar-refractivity contribution in [2.24, 2.45) is 0 Å². The molecule has 3 rings (SSSR count). The van der Waals surface area contributed by atoms with Crippen LogP contribution in [0.25, 0.3) is 11.0 Å². The van der Waals surface area contributed by atoms with Gasteiger partial charge in [-0.15, -0.1) is 11.8 Å². The minimum Gasteiger partial charge on any atom is -0.378 e. The summed E-state index contributed by atoms with van der Waals surface area (Å²) in [5, 5.41) is 3.11. The van der Waals surface area contributed by atoms with E-state index in [0.29, 0.717) is 12.3 Å². The summed E-state index contributed by atoms with van der Waals surface area (Å²) in [4.78, 5) is 22.1. The summed E-state index contributed by atoms with van der Waals surface area (Å²) in [6, 6.07) is 16.2. The predicted molar refractivity (Wildman–Crippen MR) is 110 cm³/mol. The maximum atomic E-state index is 12.1. The topological polar surface area (TPSA) is 61.0 Å². The fourth-order valence-electron chi connectivity index (χ4n) is 2.61. The Bertz CT molecular complexity index is 840. The first-order valence-electron chi connectivity index (χ1n) is 8.62. The number of amides is 1. The van der Waals surface area contributed by atoms with Crippen LogP contribution >= 0.6 is 11.8 Å². The van der Waals surface area contributed by atoms with E-state index >= 15 is 0 Å². The van der Waals surface area contributed by atoms with Crippen molar-refractivity contribution in [2.75, 3.05) is 24.7 Å². The number of nitrogens with one attached hydrogen (secondary N) is 2. The number of thioether (sulfide) groups is 1. The van der Waals surface area contributed by atoms with E-state index in [2.05, 4.69) is 39.2 Å². The monoisotopic (exact) mass is 368 g/mol. The van der Waals surface area contributed by atoms with Crippen LogP contribution in [0.4, 0.5) is 5.69 Å². The number of aromatic amines is 1. The maximum Gasteiger partial charge on any atom is 0.230 e. The van der Waals surface area contributed by atoms with E-state index in [-0.39, 0.29) is 11.2 Å². The molecule has 5 nitrogen and oxygen atoms in total. The van der Waals surface area contributed by atoms with E-state index in [1.165, 1.54) is 0 Å². The van der Waals surface area contributed by atoms with E-state index in [1.54, 1.807) is 11.8 Å². The Morgan fingerprint density at radius 3 is 2.62 bits per heavy atom. The van der Waals surface area contributed by atoms with Gasteiger partial charge in [0, 0.05) is 26.3 Å². The molecule has 0 aliphatic heterocycles. The molecule has 0 saturated carbocycles. The molecule has 0 aliphatic rings. The summed E-state index contributed by atoms with van der Waals surface area (Å²) >= 11 is 1.58. The third kappa shape index (κ3) is 4.58. The molecule has 1 aromatic heterocycles. The van der Waals surface area contributed by atoms with E-state index in [9.17, 15) is 4.79 Å². The van der Waals surface area contributed by atoms with Gasteiger partial charge in [0.1, 0.15) is 5.82 Å². The smallest absolute Gasteiger partial charge is 0.230 e. The molecule has 1 unspecified atom stereocenters. The second-order valence-corrected chi connectivity index (χ2v) is 7.76. The van der Waals surface area contributed by atoms with Crippen LogP contribution in [-0.2, 0) is 11.3 Å². The SMILES string of the molecule is CC(SCC(=O)NCc1ccc(N(C)C)cc1)c1nc2ccccc2[nH]1. The molecule has 0 saturated heterocycles. The molecule has 136 valence electrons. The summed E-state index contributed by atoms with van der Waals surface area (Å²) in [5.74, 6) is 1.35. The van der Waals surface area contributed by atoms with Gasteiger partial charge in [-0.05, 0) is 36.8 Å². The summed E-state index contributed by atoms with van der Waals surface area (Å²) in [6.45, 7) is 2.61. The highest BCUT2D eigenvalue weighted by molar-refractivity contribution is 8.00. The van der Waals surface area contributed by atoms with Crippen molar-refractivity contribution in [1.29, 1.82) is 0 Å². The number of hydrogen-bond donors (Lipinski definition) is 2. The van der Waals surface area contributed by atoms with Gasteiger partial charge >= 0.3 is 0 Å². The second-order valence-electron chi connectivity index (χ2n) is 6.43. The standard InChI is InChI=1S/C20H24N4OS/c1-14(20-22-17-6-4-5-7-18(17)23-20)26-13-19(25)21-12-15-8-10-16(11-9-15)24(2)3/h4-11,14H,12-13H2,1-3H3,(H,21,25)(H,22,23). The molecular weight excluding hydrogens is 344 g/mol. The number of imidazole rings is 1. The van der Waals surface area contributed by atoms with Crippen LogP contribution in [0, 0.1) is 0 Å². The molecule has 0 bridgehead atoms. The minimum atomic E-state index is 0.0367. The van der Waals surface area contributed by atoms with Crippen LogP contribution in [0.15, 0.2) is 48.5 Å². The molecule has 2 aromatic carbocycles. The third-order valence-electron chi connectivity index (χ3n) is 4.20. The van der Waals surface area contributed by atoms with E-state index in [1.807, 2.05) is 50.5 Å². The van der Waals surface area contributed by atoms with E-state index in [4.69, 9.17) is 0 Å². The highest BCUT2D eigenvalue weighted by atomic mass is 32.2. The summed E-state index contributed by atoms with van der Waals surface area (Å²) in [6.07, 6.45) is 0. The molecule has 1 amide bonds. The Labute approximate surface area is 158 Å². The molecule has 6 heteroatoms. The first kappa shape index (κ1) is 18.3. The van der Waals surface area contributed by atoms with Crippen molar-refractivity contribution < 1.29 is 4.79 Å². The van der Waals surface area contributed by atoms with Crippen LogP contribution in [-0.4, -0.2) is 35.7 Å². The van der Waals surface area contributed by atoms with Crippen molar-refractivity contribution in [1.82, 2.24) is 15.3 Å². The molecular formula is C20H24N4OS. The largest absolute Gasteiger partial charge is 0.378 e. The number of rotatable bonds is 7. The Kier molecular flexibility index (Phi) is 5.83. The van der Waals surface area contributed by atoms with Gasteiger partial charge in [0.2, 0.25) is 5.91 Å². The number of H-pyrrole nitrogens is 1. The lowest BCUT2D eigenvalue weighted by atomic mass is 10.2. The summed E-state index contributed by atoms with van der Waals surface area (Å²) in [5.41, 5.74) is 4.23. The second kappa shape index (κ2) is 8.27. The number of para-hydroxylation sites is 2. The molecule has 1 heterocycles. The number of carbonyl (C=O) groups is 1. The van der Waals surface area contributed by atoms with Crippen molar-refractivity contribution in [3.05, 3.63) is 59.9 Å². The number of benzene rings is 2. The quantitative estimate of drug-likeness (QED) is 0.667. The van der Waals surface area contributed by atoms with Gasteiger partial charge in [-0.25, -0.2) is 4.98 Å². The molecule has 0 aliphatic carbocycles. The molecule has 0 fully saturated rings. The molecule has 0 spiro atoms. The van der Waals surface area contributed by atoms with Crippen LogP contribution in [0.1, 0.15) is 23.6 Å². The highest BCUT2D eigenvalue weighted by Gasteiger charge is 2.13. The average Bonchev–Trinajstić information content (AvgIpc) is 3.09. The third-order valence-corrected chi connectivity index (χ3v) is 5.35. The summed E-state index contributed by atoms with van der Waals surface area (Å²) in [7, 11) is 4.02. The lowest BCUT2D eigenvalue weighted by molar-refractivity contribution is -0.118. The molecule has 2 N–H and O–H groups in total. The first-order chi connectivity index (χ1) is 12.5. The van der Waals surface area contributed by atoms with Gasteiger partial charge in [0.05, 0.1) is 22.0 Å². The molecule has 0 radical (unpaired) electrons. The number of anilines is 1. The van der Waals surface area contributed by atoms with Crippen LogP contribution < -0.4 is 10.2 Å². The van der Waals surface area contributed by atoms with Gasteiger partial charge < -0.3 is 15.2 Å². The Morgan fingerprint density at radius 1 is 1.19 bits per heavy atom. The normalized spacial score (nSPS) is 12.1. The number of hydrogen-bond acceptors (Lipinski definition) is 4. The first-order valence-corrected chi connectivity index (χ1v) is 9.67. The molecule has 26 heavy (non-hydrogen) atoms. The van der Waals surface area contributed by atoms with E-state index in [0.717, 1.165) is 28.1 Å². The van der Waals surface area contributed by atoms with Gasteiger partial charge in [0.15, 0.2) is 0 Å². The average molecular weight is 369 g/mol. The predicted octanol–water partition coefficient (Wildman–Crippen LogP) is 3.74. The van der Waals surface area contributed by atoms with Crippen molar-refractivity contribution in [2.45, 2.75) is 18.7 Å². The zero-order valence-corrected chi connectivity index (χ0v) is 16.1. The zero-order chi connectivity index (χ0) is 18.5. The Balaban J connectivity index is 1.47. The number of carbonyl (C=O) groups excluding carboxylic acids is 1. The maximum absolute atomic E-state index is 12.1. The van der Waals surface area contributed by atoms with Gasteiger partial charge in [-0.2, -0.15) is 0 Å². The van der Waals surface area contributed by atoms with Gasteiger partial charge in [-0.3, -0.25) is 4.79 Å². The lowest BCUT2D eigenvalue weighted by Crippen LogP contribution is -2.24. The van der Waals surface area contributed by atoms with Crippen molar-refractivity contribution in [3.8, 4) is 0 Å². The Hall–Kier alpha value is -2.47. The Morgan fingerprint density at radius 2 is 1.92 bits per heavy atom. The van der Waals surface area contributed by atoms with Crippen LogP contribution in [0.3, 0.4) is 0 Å². The summed E-state index contributed by atoms with van der Waals surface area (Å²) < 4.78 is 0. The van der Waals surface area contributed by atoms with Gasteiger partial charge in [0.25, 0.3) is 0 Å². The number of fused-ring (bicyclic) bond motifs is 1. The fourth-order valence-corrected chi connectivity index (χ4v) is 3.38. The fraction of sp³-hybridized carbons (Fsp3) is 0.300. The number of nitrogens with zero attached hydrogens (tertiary/aromatic N) is 2. The zero-order valence-electron chi connectivity index (χ0n) is 15.3. The number of aromatic nitrogens is 2. The van der Waals surface area contributed by atoms with E-state index < -0.39 is 0 Å². The van der Waals surface area contributed by atoms with Crippen LogP contribution in [0.5, 0.6) is 0 Å². The lowest BCUT2D eigenvalue weighted by Gasteiger charge is -2.13. The van der Waals surface area contributed by atoms with Crippen LogP contribution in [0.2, 0.25) is 0 Å². The van der Waals surface area contributed by atoms with Crippen molar-refractivity contribution >= 4 is 34.4 Å². The van der Waals surface area contributed by atoms with Crippen molar-refractivity contribution in [3.63, 3.8) is 0 Å². The molecule has 1 atom stereocenters. The highest BCUT2D eigenvalue weighted by Crippen LogP contribution is 2.27. The minimum absolute atomic E-state index is 0.0367. The molecule has 3 aromatic rings.